The van der Waals surface area contributed by atoms with E-state index in [4.69, 9.17) is 5.73 Å². The first-order valence-corrected chi connectivity index (χ1v) is 8.41. The van der Waals surface area contributed by atoms with Crippen LogP contribution >= 0.6 is 0 Å². The van der Waals surface area contributed by atoms with E-state index in [1.165, 1.54) is 11.0 Å². The van der Waals surface area contributed by atoms with Gasteiger partial charge in [-0.2, -0.15) is 0 Å². The van der Waals surface area contributed by atoms with E-state index in [1.807, 2.05) is 0 Å². The smallest absolute Gasteiger partial charge is 0.258 e. The topological polar surface area (TPSA) is 92.5 Å². The molecule has 0 saturated carbocycles. The van der Waals surface area contributed by atoms with Gasteiger partial charge in [-0.1, -0.05) is 12.1 Å². The van der Waals surface area contributed by atoms with Crippen LogP contribution in [-0.2, 0) is 10.0 Å². The summed E-state index contributed by atoms with van der Waals surface area (Å²) in [6.07, 6.45) is 0. The minimum Gasteiger partial charge on any atom is -0.329 e. The third kappa shape index (κ3) is 2.09. The number of amides is 1. The molecule has 0 aromatic heterocycles. The molecule has 0 bridgehead atoms. The first-order chi connectivity index (χ1) is 10.4. The zero-order valence-corrected chi connectivity index (χ0v) is 13.1. The SMILES string of the molecule is C[C@@H](CN)NS(=O)(=O)c1ccc2c3c(cccc13)C(=O)N2C. The van der Waals surface area contributed by atoms with Crippen molar-refractivity contribution in [1.82, 2.24) is 4.72 Å². The van der Waals surface area contributed by atoms with Crippen LogP contribution in [0.5, 0.6) is 0 Å². The molecule has 6 nitrogen and oxygen atoms in total. The molecule has 22 heavy (non-hydrogen) atoms. The summed E-state index contributed by atoms with van der Waals surface area (Å²) in [7, 11) is -2.02. The van der Waals surface area contributed by atoms with Crippen LogP contribution in [0.25, 0.3) is 10.8 Å². The summed E-state index contributed by atoms with van der Waals surface area (Å²) in [4.78, 5) is 13.9. The number of nitrogens with one attached hydrogen (secondary N) is 1. The number of anilines is 1. The van der Waals surface area contributed by atoms with Gasteiger partial charge in [-0.15, -0.1) is 0 Å². The number of rotatable bonds is 4. The molecule has 0 fully saturated rings. The van der Waals surface area contributed by atoms with Crippen LogP contribution in [0.2, 0.25) is 0 Å². The van der Waals surface area contributed by atoms with E-state index < -0.39 is 10.0 Å². The molecule has 2 aromatic carbocycles. The lowest BCUT2D eigenvalue weighted by atomic mass is 10.1. The van der Waals surface area contributed by atoms with Crippen molar-refractivity contribution in [2.24, 2.45) is 5.73 Å². The second-order valence-electron chi connectivity index (χ2n) is 5.43. The standard InChI is InChI=1S/C15H17N3O3S/c1-9(8-16)17-22(20,21)13-7-6-12-14-10(13)4-3-5-11(14)15(19)18(12)2/h3-7,9,17H,8,16H2,1-2H3/t9-/m0/s1. The largest absolute Gasteiger partial charge is 0.329 e. The van der Waals surface area contributed by atoms with E-state index >= 15 is 0 Å². The highest BCUT2D eigenvalue weighted by Gasteiger charge is 2.30. The molecule has 3 N–H and O–H groups in total. The van der Waals surface area contributed by atoms with Crippen molar-refractivity contribution in [1.29, 1.82) is 0 Å². The van der Waals surface area contributed by atoms with Crippen molar-refractivity contribution in [2.75, 3.05) is 18.5 Å². The maximum absolute atomic E-state index is 12.6. The summed E-state index contributed by atoms with van der Waals surface area (Å²) in [5.41, 5.74) is 6.74. The molecule has 0 saturated heterocycles. The van der Waals surface area contributed by atoms with Crippen LogP contribution in [0.1, 0.15) is 17.3 Å². The van der Waals surface area contributed by atoms with Crippen LogP contribution < -0.4 is 15.4 Å². The zero-order valence-electron chi connectivity index (χ0n) is 12.3. The summed E-state index contributed by atoms with van der Waals surface area (Å²) in [6.45, 7) is 1.91. The van der Waals surface area contributed by atoms with Crippen LogP contribution in [0.4, 0.5) is 5.69 Å². The van der Waals surface area contributed by atoms with Gasteiger partial charge in [-0.05, 0) is 25.1 Å². The summed E-state index contributed by atoms with van der Waals surface area (Å²) < 4.78 is 27.7. The first-order valence-electron chi connectivity index (χ1n) is 6.93. The Morgan fingerprint density at radius 3 is 2.68 bits per heavy atom. The molecule has 1 atom stereocenters. The van der Waals surface area contributed by atoms with Crippen LogP contribution in [0.3, 0.4) is 0 Å². The molecule has 0 spiro atoms. The van der Waals surface area contributed by atoms with Gasteiger partial charge in [0.1, 0.15) is 0 Å². The predicted octanol–water partition coefficient (Wildman–Crippen LogP) is 1.06. The Morgan fingerprint density at radius 2 is 2.00 bits per heavy atom. The van der Waals surface area contributed by atoms with Crippen molar-refractivity contribution in [3.05, 3.63) is 35.9 Å². The van der Waals surface area contributed by atoms with E-state index in [9.17, 15) is 13.2 Å². The summed E-state index contributed by atoms with van der Waals surface area (Å²) >= 11 is 0. The molecule has 2 aromatic rings. The molecule has 1 amide bonds. The summed E-state index contributed by atoms with van der Waals surface area (Å²) in [6, 6.07) is 7.96. The van der Waals surface area contributed by atoms with Crippen molar-refractivity contribution < 1.29 is 13.2 Å². The molecule has 1 aliphatic heterocycles. The van der Waals surface area contributed by atoms with E-state index in [0.29, 0.717) is 16.3 Å². The Bertz CT molecular complexity index is 877. The fourth-order valence-electron chi connectivity index (χ4n) is 2.72. The fraction of sp³-hybridized carbons (Fsp3) is 0.267. The van der Waals surface area contributed by atoms with Gasteiger partial charge in [0.25, 0.3) is 5.91 Å². The van der Waals surface area contributed by atoms with Crippen LogP contribution in [0.15, 0.2) is 35.2 Å². The number of nitrogens with two attached hydrogens (primary N) is 1. The number of benzene rings is 2. The Kier molecular flexibility index (Phi) is 3.43. The number of hydrogen-bond donors (Lipinski definition) is 2. The zero-order chi connectivity index (χ0) is 16.1. The van der Waals surface area contributed by atoms with Crippen LogP contribution in [-0.4, -0.2) is 34.0 Å². The second-order valence-corrected chi connectivity index (χ2v) is 7.12. The number of carbonyl (C=O) groups is 1. The summed E-state index contributed by atoms with van der Waals surface area (Å²) in [5, 5.41) is 1.22. The number of nitrogens with zero attached hydrogens (tertiary/aromatic N) is 1. The Hall–Kier alpha value is -1.96. The molecule has 3 rings (SSSR count). The third-order valence-electron chi connectivity index (χ3n) is 3.87. The lowest BCUT2D eigenvalue weighted by Gasteiger charge is -2.15. The summed E-state index contributed by atoms with van der Waals surface area (Å²) in [5.74, 6) is -0.126. The van der Waals surface area contributed by atoms with Gasteiger partial charge >= 0.3 is 0 Å². The van der Waals surface area contributed by atoms with E-state index in [0.717, 1.165) is 5.69 Å². The highest BCUT2D eigenvalue weighted by atomic mass is 32.2. The second kappa shape index (κ2) is 5.05. The number of sulfonamides is 1. The van der Waals surface area contributed by atoms with Gasteiger partial charge in [0.15, 0.2) is 0 Å². The Morgan fingerprint density at radius 1 is 1.27 bits per heavy atom. The van der Waals surface area contributed by atoms with Crippen molar-refractivity contribution >= 4 is 32.4 Å². The van der Waals surface area contributed by atoms with E-state index in [-0.39, 0.29) is 23.4 Å². The van der Waals surface area contributed by atoms with Gasteiger partial charge < -0.3 is 10.6 Å². The molecule has 0 unspecified atom stereocenters. The van der Waals surface area contributed by atoms with Crippen molar-refractivity contribution in [2.45, 2.75) is 17.9 Å². The first kappa shape index (κ1) is 15.0. The monoisotopic (exact) mass is 319 g/mol. The van der Waals surface area contributed by atoms with E-state index in [1.54, 1.807) is 38.2 Å². The third-order valence-corrected chi connectivity index (χ3v) is 5.52. The van der Waals surface area contributed by atoms with Gasteiger partial charge in [-0.3, -0.25) is 4.79 Å². The minimum atomic E-state index is -3.70. The lowest BCUT2D eigenvalue weighted by molar-refractivity contribution is 0.0999. The molecule has 1 heterocycles. The van der Waals surface area contributed by atoms with E-state index in [2.05, 4.69) is 4.72 Å². The Labute approximate surface area is 129 Å². The van der Waals surface area contributed by atoms with Gasteiger partial charge in [0.2, 0.25) is 10.0 Å². The quantitative estimate of drug-likeness (QED) is 0.881. The van der Waals surface area contributed by atoms with Gasteiger partial charge in [-0.25, -0.2) is 13.1 Å². The normalized spacial score (nSPS) is 15.6. The molecule has 0 aliphatic carbocycles. The lowest BCUT2D eigenvalue weighted by Crippen LogP contribution is -2.37. The Balaban J connectivity index is 2.25. The maximum Gasteiger partial charge on any atom is 0.258 e. The average Bonchev–Trinajstić information content (AvgIpc) is 2.74. The van der Waals surface area contributed by atoms with Gasteiger partial charge in [0, 0.05) is 36.0 Å². The minimum absolute atomic E-state index is 0.126. The average molecular weight is 319 g/mol. The number of carbonyl (C=O) groups excluding carboxylic acids is 1. The highest BCUT2D eigenvalue weighted by molar-refractivity contribution is 7.89. The van der Waals surface area contributed by atoms with Crippen molar-refractivity contribution in [3.8, 4) is 0 Å². The number of hydrogen-bond acceptors (Lipinski definition) is 4. The molecular weight excluding hydrogens is 302 g/mol. The molecular formula is C15H17N3O3S. The molecule has 1 aliphatic rings. The van der Waals surface area contributed by atoms with Gasteiger partial charge in [0.05, 0.1) is 10.6 Å². The fourth-order valence-corrected chi connectivity index (χ4v) is 4.18. The predicted molar refractivity (Wildman–Crippen MR) is 85.5 cm³/mol. The highest BCUT2D eigenvalue weighted by Crippen LogP contribution is 2.39. The molecule has 7 heteroatoms. The maximum atomic E-state index is 12.6. The molecule has 116 valence electrons. The van der Waals surface area contributed by atoms with Crippen LogP contribution in [0, 0.1) is 0 Å². The molecule has 0 radical (unpaired) electrons. The van der Waals surface area contributed by atoms with Crippen molar-refractivity contribution in [3.63, 3.8) is 0 Å².